The monoisotopic (exact) mass is 405 g/mol. The molecule has 0 spiro atoms. The third-order valence-corrected chi connectivity index (χ3v) is 5.86. The van der Waals surface area contributed by atoms with Crippen molar-refractivity contribution in [1.82, 2.24) is 15.5 Å². The zero-order valence-corrected chi connectivity index (χ0v) is 17.8. The van der Waals surface area contributed by atoms with Gasteiger partial charge < -0.3 is 9.80 Å². The first-order valence-corrected chi connectivity index (χ1v) is 10.4. The maximum atomic E-state index is 12.6. The maximum absolute atomic E-state index is 12.6. The Bertz CT molecular complexity index is 984. The molecule has 2 N–H and O–H groups in total. The number of carbonyl (C=O) groups excluding carboxylic acids is 2. The van der Waals surface area contributed by atoms with Crippen LogP contribution >= 0.6 is 0 Å². The van der Waals surface area contributed by atoms with Crippen LogP contribution in [-0.2, 0) is 16.0 Å². The van der Waals surface area contributed by atoms with Crippen molar-refractivity contribution in [3.63, 3.8) is 0 Å². The third-order valence-electron chi connectivity index (χ3n) is 5.86. The van der Waals surface area contributed by atoms with Crippen LogP contribution in [0.2, 0.25) is 0 Å². The largest absolute Gasteiger partial charge is 0.337 e. The minimum atomic E-state index is -0.475. The van der Waals surface area contributed by atoms with Crippen LogP contribution < -0.4 is 10.6 Å². The van der Waals surface area contributed by atoms with Gasteiger partial charge in [-0.05, 0) is 29.8 Å². The fourth-order valence-electron chi connectivity index (χ4n) is 4.28. The highest BCUT2D eigenvalue weighted by molar-refractivity contribution is 6.11. The number of piperazine rings is 2. The van der Waals surface area contributed by atoms with Gasteiger partial charge in [-0.3, -0.25) is 19.8 Å². The first-order valence-electron chi connectivity index (χ1n) is 10.4. The van der Waals surface area contributed by atoms with Gasteiger partial charge in [-0.15, -0.1) is 0 Å². The van der Waals surface area contributed by atoms with Gasteiger partial charge in [0.2, 0.25) is 0 Å². The molecular formula is C24H29N4O2+. The van der Waals surface area contributed by atoms with E-state index in [-0.39, 0.29) is 17.9 Å². The van der Waals surface area contributed by atoms with Crippen molar-refractivity contribution in [2.24, 2.45) is 0 Å². The normalized spacial score (nSPS) is 22.1. The summed E-state index contributed by atoms with van der Waals surface area (Å²) in [6.07, 6.45) is 2.74. The summed E-state index contributed by atoms with van der Waals surface area (Å²) in [6.45, 7) is 1.92. The van der Waals surface area contributed by atoms with Crippen LogP contribution in [0, 0.1) is 0 Å². The van der Waals surface area contributed by atoms with E-state index in [9.17, 15) is 9.59 Å². The molecule has 0 radical (unpaired) electrons. The summed E-state index contributed by atoms with van der Waals surface area (Å²) in [5, 5.41) is 6.13. The number of rotatable bonds is 7. The molecule has 6 nitrogen and oxygen atoms in total. The summed E-state index contributed by atoms with van der Waals surface area (Å²) in [5.74, 6) is -0.235. The zero-order valence-electron chi connectivity index (χ0n) is 17.8. The Morgan fingerprint density at radius 3 is 2.60 bits per heavy atom. The van der Waals surface area contributed by atoms with Crippen LogP contribution in [-0.4, -0.2) is 61.6 Å². The molecule has 2 bridgehead atoms. The Morgan fingerprint density at radius 2 is 1.87 bits per heavy atom. The molecule has 2 aliphatic heterocycles. The van der Waals surface area contributed by atoms with E-state index < -0.39 is 6.04 Å². The topological polar surface area (TPSA) is 61.4 Å². The molecular weight excluding hydrogens is 376 g/mol. The van der Waals surface area contributed by atoms with E-state index in [0.29, 0.717) is 5.70 Å². The molecule has 0 aliphatic carbocycles. The molecule has 2 amide bonds. The summed E-state index contributed by atoms with van der Waals surface area (Å²) in [5.41, 5.74) is 3.62. The van der Waals surface area contributed by atoms with Gasteiger partial charge in [0, 0.05) is 6.42 Å². The molecule has 2 atom stereocenters. The Labute approximate surface area is 177 Å². The lowest BCUT2D eigenvalue weighted by molar-refractivity contribution is -0.892. The van der Waals surface area contributed by atoms with Crippen LogP contribution in [0.5, 0.6) is 0 Å². The van der Waals surface area contributed by atoms with Gasteiger partial charge in [-0.25, -0.2) is 0 Å². The highest BCUT2D eigenvalue weighted by Gasteiger charge is 2.55. The van der Waals surface area contributed by atoms with Gasteiger partial charge in [0.15, 0.2) is 0 Å². The van der Waals surface area contributed by atoms with Gasteiger partial charge >= 0.3 is 0 Å². The number of β-lactam (4-membered cyclic amide) rings is 1. The molecule has 2 aliphatic rings. The van der Waals surface area contributed by atoms with E-state index in [1.165, 1.54) is 5.56 Å². The number of likely N-dealkylation sites (N-methyl/N-ethyl adjacent to an activating group) is 1. The van der Waals surface area contributed by atoms with Crippen LogP contribution in [0.25, 0.3) is 6.08 Å². The number of fused-ring (bicyclic) bond motifs is 2. The molecule has 2 saturated heterocycles. The predicted octanol–water partition coefficient (Wildman–Crippen LogP) is 1.91. The second kappa shape index (κ2) is 8.05. The number of benzene rings is 2. The minimum absolute atomic E-state index is 0.0426. The lowest BCUT2D eigenvalue weighted by Crippen LogP contribution is -2.71. The first-order chi connectivity index (χ1) is 14.4. The number of nitrogens with zero attached hydrogens (tertiary/aromatic N) is 2. The lowest BCUT2D eigenvalue weighted by atomic mass is 9.83. The van der Waals surface area contributed by atoms with Crippen molar-refractivity contribution in [2.75, 3.05) is 34.4 Å². The predicted molar refractivity (Wildman–Crippen MR) is 117 cm³/mol. The second-order valence-electron chi connectivity index (χ2n) is 8.71. The van der Waals surface area contributed by atoms with E-state index in [2.05, 4.69) is 36.9 Å². The fraction of sp³-hybridized carbons (Fsp3) is 0.333. The number of hydrogen-bond acceptors (Lipinski definition) is 3. The van der Waals surface area contributed by atoms with E-state index in [1.54, 1.807) is 11.0 Å². The van der Waals surface area contributed by atoms with Crippen LogP contribution in [0.4, 0.5) is 0 Å². The van der Waals surface area contributed by atoms with Crippen LogP contribution in [0.3, 0.4) is 0 Å². The standard InChI is InChI=1S/C24H28N4O2/c1-25-16-28(2,3)13-12-18-10-7-11-19(14-18)22-21-24(30)27(22)20(23(29)26-21)15-17-8-5-4-6-9-17/h4-11,14-15,21-22,25H,12-13,16H2,1-3H3/p+1/b20-15-. The molecule has 2 aromatic rings. The van der Waals surface area contributed by atoms with E-state index in [4.69, 9.17) is 0 Å². The van der Waals surface area contributed by atoms with Gasteiger partial charge in [-0.1, -0.05) is 54.6 Å². The molecule has 2 aromatic carbocycles. The molecule has 0 saturated carbocycles. The van der Waals surface area contributed by atoms with Crippen molar-refractivity contribution in [3.8, 4) is 0 Å². The zero-order chi connectivity index (χ0) is 21.3. The molecule has 2 heterocycles. The molecule has 0 aromatic heterocycles. The molecule has 2 fully saturated rings. The molecule has 6 heteroatoms. The Kier molecular flexibility index (Phi) is 5.45. The number of quaternary nitrogens is 1. The van der Waals surface area contributed by atoms with Gasteiger partial charge in [-0.2, -0.15) is 0 Å². The van der Waals surface area contributed by atoms with Crippen molar-refractivity contribution in [3.05, 3.63) is 77.0 Å². The summed E-state index contributed by atoms with van der Waals surface area (Å²) >= 11 is 0. The first kappa shape index (κ1) is 20.3. The quantitative estimate of drug-likeness (QED) is 0.320. The summed E-state index contributed by atoms with van der Waals surface area (Å²) in [4.78, 5) is 26.8. The van der Waals surface area contributed by atoms with Gasteiger partial charge in [0.25, 0.3) is 11.8 Å². The Balaban J connectivity index is 1.57. The van der Waals surface area contributed by atoms with Gasteiger partial charge in [0.05, 0.1) is 26.7 Å². The number of amides is 2. The third kappa shape index (κ3) is 3.88. The lowest BCUT2D eigenvalue weighted by Gasteiger charge is -2.52. The molecule has 2 unspecified atom stereocenters. The van der Waals surface area contributed by atoms with Crippen LogP contribution in [0.1, 0.15) is 22.7 Å². The average Bonchev–Trinajstić information content (AvgIpc) is 2.73. The highest BCUT2D eigenvalue weighted by Crippen LogP contribution is 2.42. The molecule has 4 rings (SSSR count). The average molecular weight is 406 g/mol. The second-order valence-corrected chi connectivity index (χ2v) is 8.71. The van der Waals surface area contributed by atoms with Crippen molar-refractivity contribution in [1.29, 1.82) is 0 Å². The SMILES string of the molecule is CNC[N+](C)(C)CCc1cccc(C2C3NC(=O)/C(=C/c4ccccc4)N2C3=O)c1. The van der Waals surface area contributed by atoms with Gasteiger partial charge in [0.1, 0.15) is 18.4 Å². The summed E-state index contributed by atoms with van der Waals surface area (Å²) < 4.78 is 0.886. The Hall–Kier alpha value is -2.96. The fourth-order valence-corrected chi connectivity index (χ4v) is 4.28. The Morgan fingerprint density at radius 1 is 1.10 bits per heavy atom. The van der Waals surface area contributed by atoms with Crippen LogP contribution in [0.15, 0.2) is 60.3 Å². The summed E-state index contributed by atoms with van der Waals surface area (Å²) in [6, 6.07) is 17.4. The van der Waals surface area contributed by atoms with E-state index >= 15 is 0 Å². The highest BCUT2D eigenvalue weighted by atomic mass is 16.2. The van der Waals surface area contributed by atoms with E-state index in [1.807, 2.05) is 49.5 Å². The smallest absolute Gasteiger partial charge is 0.268 e. The number of carbonyl (C=O) groups is 2. The van der Waals surface area contributed by atoms with E-state index in [0.717, 1.165) is 35.2 Å². The summed E-state index contributed by atoms with van der Waals surface area (Å²) in [7, 11) is 6.38. The minimum Gasteiger partial charge on any atom is -0.337 e. The molecule has 30 heavy (non-hydrogen) atoms. The number of hydrogen-bond donors (Lipinski definition) is 2. The maximum Gasteiger partial charge on any atom is 0.268 e. The van der Waals surface area contributed by atoms with Crippen molar-refractivity contribution < 1.29 is 14.1 Å². The van der Waals surface area contributed by atoms with Crippen molar-refractivity contribution in [2.45, 2.75) is 18.5 Å². The molecule has 156 valence electrons. The number of nitrogens with one attached hydrogen (secondary N) is 2. The van der Waals surface area contributed by atoms with Crippen molar-refractivity contribution >= 4 is 17.9 Å².